The molecule has 0 atom stereocenters. The van der Waals surface area contributed by atoms with Crippen LogP contribution in [-0.4, -0.2) is 15.5 Å². The van der Waals surface area contributed by atoms with Gasteiger partial charge in [-0.25, -0.2) is 9.37 Å². The van der Waals surface area contributed by atoms with E-state index < -0.39 is 0 Å². The van der Waals surface area contributed by atoms with Crippen molar-refractivity contribution in [2.45, 2.75) is 6.54 Å². The van der Waals surface area contributed by atoms with Gasteiger partial charge in [-0.1, -0.05) is 30.3 Å². The summed E-state index contributed by atoms with van der Waals surface area (Å²) in [5.41, 5.74) is 2.51. The first-order valence-corrected chi connectivity index (χ1v) is 8.62. The van der Waals surface area contributed by atoms with Gasteiger partial charge in [0.15, 0.2) is 5.13 Å². The van der Waals surface area contributed by atoms with Crippen LogP contribution in [0.15, 0.2) is 66.3 Å². The molecule has 4 rings (SSSR count). The quantitative estimate of drug-likeness (QED) is 0.587. The highest BCUT2D eigenvalue weighted by atomic mass is 32.1. The van der Waals surface area contributed by atoms with Crippen LogP contribution in [0.25, 0.3) is 10.9 Å². The summed E-state index contributed by atoms with van der Waals surface area (Å²) in [5, 5.41) is 6.08. The minimum absolute atomic E-state index is 0.191. The van der Waals surface area contributed by atoms with E-state index in [-0.39, 0.29) is 11.7 Å². The molecule has 4 aromatic rings. The molecule has 0 radical (unpaired) electrons. The predicted octanol–water partition coefficient (Wildman–Crippen LogP) is 4.54. The number of nitrogens with zero attached hydrogens (tertiary/aromatic N) is 2. The molecule has 1 amide bonds. The number of halogens is 1. The lowest BCUT2D eigenvalue weighted by Gasteiger charge is -2.05. The number of aromatic nitrogens is 2. The highest BCUT2D eigenvalue weighted by Crippen LogP contribution is 2.24. The zero-order valence-corrected chi connectivity index (χ0v) is 14.0. The topological polar surface area (TPSA) is 46.9 Å². The largest absolute Gasteiger partial charge is 0.342 e. The van der Waals surface area contributed by atoms with Crippen molar-refractivity contribution in [2.24, 2.45) is 0 Å². The fourth-order valence-corrected chi connectivity index (χ4v) is 3.32. The van der Waals surface area contributed by atoms with Gasteiger partial charge in [0.2, 0.25) is 0 Å². The van der Waals surface area contributed by atoms with Crippen molar-refractivity contribution in [2.75, 3.05) is 5.32 Å². The van der Waals surface area contributed by atoms with Gasteiger partial charge in [-0.2, -0.15) is 0 Å². The van der Waals surface area contributed by atoms with Crippen LogP contribution < -0.4 is 5.32 Å². The summed E-state index contributed by atoms with van der Waals surface area (Å²) in [4.78, 5) is 16.7. The van der Waals surface area contributed by atoms with Crippen molar-refractivity contribution < 1.29 is 9.18 Å². The maximum atomic E-state index is 13.1. The number of hydrogen-bond acceptors (Lipinski definition) is 3. The number of para-hydroxylation sites is 1. The Morgan fingerprint density at radius 2 is 1.96 bits per heavy atom. The molecule has 6 heteroatoms. The summed E-state index contributed by atoms with van der Waals surface area (Å²) in [6.07, 6.45) is 3.48. The van der Waals surface area contributed by atoms with Gasteiger partial charge in [0, 0.05) is 35.2 Å². The van der Waals surface area contributed by atoms with E-state index in [4.69, 9.17) is 0 Å². The Balaban J connectivity index is 1.70. The number of carbonyl (C=O) groups is 1. The number of fused-ring (bicyclic) bond motifs is 1. The molecule has 0 aliphatic carbocycles. The Hall–Kier alpha value is -2.99. The fourth-order valence-electron chi connectivity index (χ4n) is 2.79. The third kappa shape index (κ3) is 3.16. The van der Waals surface area contributed by atoms with Crippen molar-refractivity contribution in [3.8, 4) is 0 Å². The molecule has 0 spiro atoms. The second-order valence-corrected chi connectivity index (χ2v) is 6.50. The normalized spacial score (nSPS) is 10.9. The number of hydrogen-bond donors (Lipinski definition) is 1. The summed E-state index contributed by atoms with van der Waals surface area (Å²) in [6, 6.07) is 14.1. The molecule has 2 heterocycles. The van der Waals surface area contributed by atoms with Crippen LogP contribution in [-0.2, 0) is 6.54 Å². The van der Waals surface area contributed by atoms with Crippen LogP contribution in [0.2, 0.25) is 0 Å². The van der Waals surface area contributed by atoms with Gasteiger partial charge in [-0.15, -0.1) is 11.3 Å². The minimum atomic E-state index is -0.260. The second-order valence-electron chi connectivity index (χ2n) is 5.61. The third-order valence-electron chi connectivity index (χ3n) is 3.95. The standard InChI is InChI=1S/C19H14FN3OS/c20-14-7-5-13(6-8-14)11-23-12-16(15-3-1-2-4-17(15)23)18(24)22-19-21-9-10-25-19/h1-10,12H,11H2,(H,21,22,24). The Labute approximate surface area is 147 Å². The average molecular weight is 351 g/mol. The van der Waals surface area contributed by atoms with Crippen molar-refractivity contribution >= 4 is 33.3 Å². The molecular formula is C19H14FN3OS. The molecule has 0 unspecified atom stereocenters. The van der Waals surface area contributed by atoms with E-state index in [1.165, 1.54) is 23.5 Å². The Kier molecular flexibility index (Phi) is 4.03. The highest BCUT2D eigenvalue weighted by Gasteiger charge is 2.16. The van der Waals surface area contributed by atoms with Gasteiger partial charge < -0.3 is 4.57 Å². The van der Waals surface area contributed by atoms with E-state index in [0.717, 1.165) is 16.5 Å². The highest BCUT2D eigenvalue weighted by molar-refractivity contribution is 7.13. The van der Waals surface area contributed by atoms with Crippen LogP contribution >= 0.6 is 11.3 Å². The van der Waals surface area contributed by atoms with E-state index in [0.29, 0.717) is 17.2 Å². The molecule has 2 aromatic carbocycles. The molecule has 0 aliphatic rings. The summed E-state index contributed by atoms with van der Waals surface area (Å²) >= 11 is 1.38. The average Bonchev–Trinajstić information content (AvgIpc) is 3.25. The number of nitrogens with one attached hydrogen (secondary N) is 1. The first kappa shape index (κ1) is 15.5. The number of carbonyl (C=O) groups excluding carboxylic acids is 1. The van der Waals surface area contributed by atoms with Gasteiger partial charge in [0.05, 0.1) is 5.56 Å². The molecule has 0 saturated heterocycles. The molecule has 0 fully saturated rings. The number of thiazole rings is 1. The zero-order chi connectivity index (χ0) is 17.2. The van der Waals surface area contributed by atoms with Crippen LogP contribution in [0, 0.1) is 5.82 Å². The maximum Gasteiger partial charge on any atom is 0.259 e. The molecule has 124 valence electrons. The lowest BCUT2D eigenvalue weighted by Crippen LogP contribution is -2.11. The molecule has 4 nitrogen and oxygen atoms in total. The molecule has 0 bridgehead atoms. The predicted molar refractivity (Wildman–Crippen MR) is 97.5 cm³/mol. The molecule has 0 saturated carbocycles. The molecule has 2 aromatic heterocycles. The van der Waals surface area contributed by atoms with Crippen molar-refractivity contribution in [1.82, 2.24) is 9.55 Å². The summed E-state index contributed by atoms with van der Waals surface area (Å²) < 4.78 is 15.1. The Morgan fingerprint density at radius 3 is 2.72 bits per heavy atom. The lowest BCUT2D eigenvalue weighted by atomic mass is 10.1. The Morgan fingerprint density at radius 1 is 1.16 bits per heavy atom. The SMILES string of the molecule is O=C(Nc1nccs1)c1cn(Cc2ccc(F)cc2)c2ccccc12. The summed E-state index contributed by atoms with van der Waals surface area (Å²) in [6.45, 7) is 0.561. The molecule has 25 heavy (non-hydrogen) atoms. The number of benzene rings is 2. The third-order valence-corrected chi connectivity index (χ3v) is 4.64. The number of anilines is 1. The first-order valence-electron chi connectivity index (χ1n) is 7.74. The smallest absolute Gasteiger partial charge is 0.259 e. The molecule has 1 N–H and O–H groups in total. The van der Waals surface area contributed by atoms with Crippen molar-refractivity contribution in [3.63, 3.8) is 0 Å². The minimum Gasteiger partial charge on any atom is -0.342 e. The van der Waals surface area contributed by atoms with Crippen LogP contribution in [0.5, 0.6) is 0 Å². The van der Waals surface area contributed by atoms with Gasteiger partial charge in [-0.05, 0) is 23.8 Å². The maximum absolute atomic E-state index is 13.1. The zero-order valence-electron chi connectivity index (χ0n) is 13.1. The number of rotatable bonds is 4. The van der Waals surface area contributed by atoms with Crippen molar-refractivity contribution in [1.29, 1.82) is 0 Å². The van der Waals surface area contributed by atoms with E-state index in [1.807, 2.05) is 40.4 Å². The van der Waals surface area contributed by atoms with E-state index in [1.54, 1.807) is 18.3 Å². The second kappa shape index (κ2) is 6.49. The van der Waals surface area contributed by atoms with E-state index in [2.05, 4.69) is 10.3 Å². The van der Waals surface area contributed by atoms with Gasteiger partial charge in [0.25, 0.3) is 5.91 Å². The molecule has 0 aliphatic heterocycles. The first-order chi connectivity index (χ1) is 12.2. The van der Waals surface area contributed by atoms with Crippen LogP contribution in [0.4, 0.5) is 9.52 Å². The van der Waals surface area contributed by atoms with Gasteiger partial charge in [-0.3, -0.25) is 10.1 Å². The van der Waals surface area contributed by atoms with E-state index in [9.17, 15) is 9.18 Å². The van der Waals surface area contributed by atoms with Crippen LogP contribution in [0.1, 0.15) is 15.9 Å². The monoisotopic (exact) mass is 351 g/mol. The number of amides is 1. The summed E-state index contributed by atoms with van der Waals surface area (Å²) in [5.74, 6) is -0.450. The molecular weight excluding hydrogens is 337 g/mol. The summed E-state index contributed by atoms with van der Waals surface area (Å²) in [7, 11) is 0. The van der Waals surface area contributed by atoms with Crippen LogP contribution in [0.3, 0.4) is 0 Å². The fraction of sp³-hybridized carbons (Fsp3) is 0.0526. The lowest BCUT2D eigenvalue weighted by molar-refractivity contribution is 0.102. The van der Waals surface area contributed by atoms with E-state index >= 15 is 0 Å². The van der Waals surface area contributed by atoms with Gasteiger partial charge >= 0.3 is 0 Å². The van der Waals surface area contributed by atoms with Gasteiger partial charge in [0.1, 0.15) is 5.82 Å². The van der Waals surface area contributed by atoms with Crippen molar-refractivity contribution in [3.05, 3.63) is 83.2 Å². The Bertz CT molecular complexity index is 1020.